The average molecular weight is 222 g/mol. The minimum Gasteiger partial charge on any atom is -0.494 e. The number of aliphatic hydroxyl groups excluding tert-OH is 1. The van der Waals surface area contributed by atoms with Crippen molar-refractivity contribution in [3.63, 3.8) is 0 Å². The van der Waals surface area contributed by atoms with E-state index in [1.54, 1.807) is 25.1 Å². The first-order valence-corrected chi connectivity index (χ1v) is 5.54. The second kappa shape index (κ2) is 5.66. The smallest absolute Gasteiger partial charge is 0.165 e. The monoisotopic (exact) mass is 222 g/mol. The summed E-state index contributed by atoms with van der Waals surface area (Å²) in [6, 6.07) is 5.32. The van der Waals surface area contributed by atoms with Gasteiger partial charge in [-0.3, -0.25) is 4.79 Å². The van der Waals surface area contributed by atoms with Gasteiger partial charge < -0.3 is 9.84 Å². The molecule has 16 heavy (non-hydrogen) atoms. The predicted octanol–water partition coefficient (Wildman–Crippen LogP) is 2.41. The molecule has 1 N–H and O–H groups in total. The largest absolute Gasteiger partial charge is 0.494 e. The Kier molecular flexibility index (Phi) is 4.50. The van der Waals surface area contributed by atoms with Gasteiger partial charge in [-0.25, -0.2) is 0 Å². The Morgan fingerprint density at radius 1 is 1.44 bits per heavy atom. The predicted molar refractivity (Wildman–Crippen MR) is 62.6 cm³/mol. The lowest BCUT2D eigenvalue weighted by Crippen LogP contribution is -2.10. The van der Waals surface area contributed by atoms with Crippen LogP contribution < -0.4 is 4.74 Å². The summed E-state index contributed by atoms with van der Waals surface area (Å²) in [5, 5.41) is 9.74. The fourth-order valence-corrected chi connectivity index (χ4v) is 1.54. The van der Waals surface area contributed by atoms with Crippen LogP contribution in [0.4, 0.5) is 0 Å². The highest BCUT2D eigenvalue weighted by Gasteiger charge is 2.16. The van der Waals surface area contributed by atoms with E-state index in [9.17, 15) is 9.90 Å². The lowest BCUT2D eigenvalue weighted by molar-refractivity contribution is -0.127. The highest BCUT2D eigenvalue weighted by atomic mass is 16.5. The fraction of sp³-hybridized carbons (Fsp3) is 0.462. The van der Waals surface area contributed by atoms with Crippen LogP contribution in [0.25, 0.3) is 0 Å². The van der Waals surface area contributed by atoms with Crippen molar-refractivity contribution >= 4 is 5.78 Å². The van der Waals surface area contributed by atoms with Gasteiger partial charge in [0.1, 0.15) is 11.9 Å². The Morgan fingerprint density at radius 2 is 2.12 bits per heavy atom. The first-order chi connectivity index (χ1) is 7.60. The minimum absolute atomic E-state index is 0.163. The SMILES string of the molecule is CCOc1ccc(C(O)C(=O)CC)cc1C. The molecule has 0 heterocycles. The number of ether oxygens (including phenoxy) is 1. The van der Waals surface area contributed by atoms with Crippen LogP contribution in [0.1, 0.15) is 37.5 Å². The van der Waals surface area contributed by atoms with Crippen molar-refractivity contribution in [3.05, 3.63) is 29.3 Å². The molecule has 0 fully saturated rings. The van der Waals surface area contributed by atoms with E-state index in [1.165, 1.54) is 0 Å². The molecule has 1 rings (SSSR count). The molecule has 1 aromatic rings. The van der Waals surface area contributed by atoms with E-state index in [4.69, 9.17) is 4.74 Å². The molecular formula is C13H18O3. The Morgan fingerprint density at radius 3 is 2.62 bits per heavy atom. The molecule has 0 aliphatic heterocycles. The van der Waals surface area contributed by atoms with Crippen LogP contribution in [-0.4, -0.2) is 17.5 Å². The van der Waals surface area contributed by atoms with Crippen molar-refractivity contribution in [3.8, 4) is 5.75 Å². The van der Waals surface area contributed by atoms with Crippen molar-refractivity contribution < 1.29 is 14.6 Å². The number of ketones is 1. The molecule has 88 valence electrons. The summed E-state index contributed by atoms with van der Waals surface area (Å²) in [6.45, 7) is 6.17. The summed E-state index contributed by atoms with van der Waals surface area (Å²) in [4.78, 5) is 11.4. The zero-order chi connectivity index (χ0) is 12.1. The number of rotatable bonds is 5. The van der Waals surface area contributed by atoms with Gasteiger partial charge in [0.2, 0.25) is 0 Å². The number of hydrogen-bond acceptors (Lipinski definition) is 3. The summed E-state index contributed by atoms with van der Waals surface area (Å²) in [7, 11) is 0. The van der Waals surface area contributed by atoms with Gasteiger partial charge in [-0.2, -0.15) is 0 Å². The van der Waals surface area contributed by atoms with E-state index in [-0.39, 0.29) is 5.78 Å². The first-order valence-electron chi connectivity index (χ1n) is 5.54. The molecule has 0 aliphatic rings. The molecule has 0 spiro atoms. The molecule has 1 aromatic carbocycles. The van der Waals surface area contributed by atoms with Crippen LogP contribution in [0, 0.1) is 6.92 Å². The number of hydrogen-bond donors (Lipinski definition) is 1. The number of aryl methyl sites for hydroxylation is 1. The second-order valence-electron chi connectivity index (χ2n) is 3.68. The molecule has 0 radical (unpaired) electrons. The van der Waals surface area contributed by atoms with Crippen molar-refractivity contribution in [1.82, 2.24) is 0 Å². The van der Waals surface area contributed by atoms with Gasteiger partial charge >= 0.3 is 0 Å². The second-order valence-corrected chi connectivity index (χ2v) is 3.68. The van der Waals surface area contributed by atoms with Gasteiger partial charge in [-0.1, -0.05) is 13.0 Å². The quantitative estimate of drug-likeness (QED) is 0.832. The Hall–Kier alpha value is -1.35. The number of aliphatic hydroxyl groups is 1. The van der Waals surface area contributed by atoms with Gasteiger partial charge in [-0.05, 0) is 37.1 Å². The van der Waals surface area contributed by atoms with E-state index >= 15 is 0 Å². The summed E-state index contributed by atoms with van der Waals surface area (Å²) >= 11 is 0. The third-order valence-corrected chi connectivity index (χ3v) is 2.47. The molecule has 0 aliphatic carbocycles. The van der Waals surface area contributed by atoms with E-state index in [0.29, 0.717) is 18.6 Å². The average Bonchev–Trinajstić information content (AvgIpc) is 2.30. The van der Waals surface area contributed by atoms with Gasteiger partial charge in [-0.15, -0.1) is 0 Å². The first kappa shape index (κ1) is 12.7. The van der Waals surface area contributed by atoms with Crippen molar-refractivity contribution in [2.75, 3.05) is 6.61 Å². The van der Waals surface area contributed by atoms with Gasteiger partial charge in [0.25, 0.3) is 0 Å². The van der Waals surface area contributed by atoms with E-state index < -0.39 is 6.10 Å². The lowest BCUT2D eigenvalue weighted by Gasteiger charge is -2.12. The molecule has 0 bridgehead atoms. The van der Waals surface area contributed by atoms with Gasteiger partial charge in [0.15, 0.2) is 5.78 Å². The lowest BCUT2D eigenvalue weighted by atomic mass is 10.0. The maximum Gasteiger partial charge on any atom is 0.165 e. The summed E-state index contributed by atoms with van der Waals surface area (Å²) in [6.07, 6.45) is -0.674. The molecular weight excluding hydrogens is 204 g/mol. The van der Waals surface area contributed by atoms with Crippen LogP contribution in [-0.2, 0) is 4.79 Å². The van der Waals surface area contributed by atoms with Crippen LogP contribution in [0.15, 0.2) is 18.2 Å². The Bertz CT molecular complexity index is 371. The van der Waals surface area contributed by atoms with E-state index in [1.807, 2.05) is 13.8 Å². The van der Waals surface area contributed by atoms with Crippen LogP contribution in [0.3, 0.4) is 0 Å². The summed E-state index contributed by atoms with van der Waals surface area (Å²) < 4.78 is 5.39. The highest BCUT2D eigenvalue weighted by molar-refractivity contribution is 5.83. The standard InChI is InChI=1S/C13H18O3/c1-4-11(14)13(15)10-6-7-12(16-5-2)9(3)8-10/h6-8,13,15H,4-5H2,1-3H3. The van der Waals surface area contributed by atoms with Gasteiger partial charge in [0.05, 0.1) is 6.61 Å². The van der Waals surface area contributed by atoms with Crippen LogP contribution in [0.2, 0.25) is 0 Å². The van der Waals surface area contributed by atoms with Crippen LogP contribution in [0.5, 0.6) is 5.75 Å². The Labute approximate surface area is 96.1 Å². The third kappa shape index (κ3) is 2.83. The Balaban J connectivity index is 2.92. The van der Waals surface area contributed by atoms with E-state index in [0.717, 1.165) is 11.3 Å². The summed E-state index contributed by atoms with van der Waals surface area (Å²) in [5.41, 5.74) is 1.56. The fourth-order valence-electron chi connectivity index (χ4n) is 1.54. The number of benzene rings is 1. The zero-order valence-electron chi connectivity index (χ0n) is 9.99. The molecule has 1 atom stereocenters. The van der Waals surface area contributed by atoms with E-state index in [2.05, 4.69) is 0 Å². The molecule has 0 saturated heterocycles. The van der Waals surface area contributed by atoms with Crippen molar-refractivity contribution in [2.45, 2.75) is 33.3 Å². The van der Waals surface area contributed by atoms with Crippen LogP contribution >= 0.6 is 0 Å². The highest BCUT2D eigenvalue weighted by Crippen LogP contribution is 2.23. The molecule has 0 aromatic heterocycles. The zero-order valence-corrected chi connectivity index (χ0v) is 9.99. The normalized spacial score (nSPS) is 12.2. The molecule has 0 amide bonds. The topological polar surface area (TPSA) is 46.5 Å². The molecule has 3 heteroatoms. The van der Waals surface area contributed by atoms with Crippen molar-refractivity contribution in [1.29, 1.82) is 0 Å². The van der Waals surface area contributed by atoms with Crippen molar-refractivity contribution in [2.24, 2.45) is 0 Å². The third-order valence-electron chi connectivity index (χ3n) is 2.47. The maximum atomic E-state index is 11.4. The number of Topliss-reactive ketones (excluding diaryl/α,β-unsaturated/α-hetero) is 1. The molecule has 3 nitrogen and oxygen atoms in total. The molecule has 0 saturated carbocycles. The van der Waals surface area contributed by atoms with Gasteiger partial charge in [0, 0.05) is 6.42 Å². The minimum atomic E-state index is -1.01. The number of carbonyl (C=O) groups excluding carboxylic acids is 1. The summed E-state index contributed by atoms with van der Waals surface area (Å²) in [5.74, 6) is 0.631. The maximum absolute atomic E-state index is 11.4. The number of carbonyl (C=O) groups is 1. The molecule has 1 unspecified atom stereocenters.